The van der Waals surface area contributed by atoms with Crippen LogP contribution >= 0.6 is 0 Å². The van der Waals surface area contributed by atoms with Crippen molar-refractivity contribution in [2.24, 2.45) is 5.73 Å². The fraction of sp³-hybridized carbons (Fsp3) is 0.273. The van der Waals surface area contributed by atoms with E-state index in [1.165, 1.54) is 12.1 Å². The molecule has 0 bridgehead atoms. The van der Waals surface area contributed by atoms with Crippen LogP contribution in [0, 0.1) is 0 Å². The van der Waals surface area contributed by atoms with Gasteiger partial charge in [-0.1, -0.05) is 12.1 Å². The Labute approximate surface area is 111 Å². The minimum atomic E-state index is -4.38. The molecule has 0 saturated heterocycles. The van der Waals surface area contributed by atoms with Crippen LogP contribution in [0.3, 0.4) is 0 Å². The predicted octanol–water partition coefficient (Wildman–Crippen LogP) is 0.853. The highest BCUT2D eigenvalue weighted by Crippen LogP contribution is 2.30. The molecule has 5 N–H and O–H groups in total. The van der Waals surface area contributed by atoms with Crippen molar-refractivity contribution in [3.8, 4) is 0 Å². The average Bonchev–Trinajstić information content (AvgIpc) is 2.37. The first-order valence-corrected chi connectivity index (χ1v) is 5.11. The zero-order chi connectivity index (χ0) is 15.9. The topological polar surface area (TPSA) is 121 Å². The monoisotopic (exact) mass is 295 g/mol. The van der Waals surface area contributed by atoms with Crippen LogP contribution in [0.4, 0.5) is 13.2 Å². The Morgan fingerprint density at radius 2 is 1.70 bits per heavy atom. The molecule has 0 aliphatic carbocycles. The number of rotatable bonds is 2. The summed E-state index contributed by atoms with van der Waals surface area (Å²) in [6.45, 7) is -0.0959. The number of benzene rings is 1. The zero-order valence-corrected chi connectivity index (χ0v) is 9.96. The van der Waals surface area contributed by atoms with Crippen molar-refractivity contribution < 1.29 is 38.1 Å². The van der Waals surface area contributed by atoms with E-state index in [0.717, 1.165) is 12.1 Å². The summed E-state index contributed by atoms with van der Waals surface area (Å²) in [7, 11) is 0. The maximum Gasteiger partial charge on any atom is 0.416 e. The number of aliphatic hydroxyl groups excluding tert-OH is 1. The van der Waals surface area contributed by atoms with Gasteiger partial charge in [-0.25, -0.2) is 9.59 Å². The highest BCUT2D eigenvalue weighted by molar-refractivity contribution is 6.27. The number of hydrogen-bond acceptors (Lipinski definition) is 4. The summed E-state index contributed by atoms with van der Waals surface area (Å²) in [4.78, 5) is 18.2. The van der Waals surface area contributed by atoms with Gasteiger partial charge in [0.2, 0.25) is 0 Å². The maximum atomic E-state index is 12.2. The Bertz CT molecular complexity index is 463. The van der Waals surface area contributed by atoms with Crippen molar-refractivity contribution in [2.75, 3.05) is 6.54 Å². The van der Waals surface area contributed by atoms with Gasteiger partial charge < -0.3 is 21.1 Å². The van der Waals surface area contributed by atoms with Gasteiger partial charge in [0.15, 0.2) is 0 Å². The van der Waals surface area contributed by atoms with Gasteiger partial charge in [0.05, 0.1) is 11.7 Å². The summed E-state index contributed by atoms with van der Waals surface area (Å²) in [5.41, 5.74) is 4.54. The van der Waals surface area contributed by atoms with E-state index in [1.54, 1.807) is 0 Å². The molecule has 112 valence electrons. The molecule has 0 saturated carbocycles. The van der Waals surface area contributed by atoms with E-state index in [2.05, 4.69) is 0 Å². The molecule has 0 aromatic heterocycles. The van der Waals surface area contributed by atoms with Crippen LogP contribution < -0.4 is 5.73 Å². The molecule has 1 unspecified atom stereocenters. The SMILES string of the molecule is NCC(O)c1cccc(C(F)(F)F)c1.O=C(O)C(=O)O. The molecule has 0 heterocycles. The second kappa shape index (κ2) is 7.46. The summed E-state index contributed by atoms with van der Waals surface area (Å²) in [5, 5.41) is 24.0. The van der Waals surface area contributed by atoms with Crippen LogP contribution in [0.1, 0.15) is 17.2 Å². The largest absolute Gasteiger partial charge is 0.473 e. The highest BCUT2D eigenvalue weighted by Gasteiger charge is 2.30. The van der Waals surface area contributed by atoms with Crippen LogP contribution in [0.25, 0.3) is 0 Å². The van der Waals surface area contributed by atoms with Gasteiger partial charge in [-0.05, 0) is 17.7 Å². The Hall–Kier alpha value is -2.13. The first-order valence-electron chi connectivity index (χ1n) is 5.11. The summed E-state index contributed by atoms with van der Waals surface area (Å²) in [6, 6.07) is 4.51. The average molecular weight is 295 g/mol. The second-order valence-electron chi connectivity index (χ2n) is 3.49. The summed E-state index contributed by atoms with van der Waals surface area (Å²) in [6.07, 6.45) is -5.43. The molecule has 1 atom stereocenters. The number of halogens is 3. The van der Waals surface area contributed by atoms with Gasteiger partial charge in [0.1, 0.15) is 0 Å². The van der Waals surface area contributed by atoms with E-state index < -0.39 is 29.8 Å². The molecule has 9 heteroatoms. The molecule has 0 spiro atoms. The number of carboxylic acid groups (broad SMARTS) is 2. The van der Waals surface area contributed by atoms with Crippen LogP contribution in [-0.2, 0) is 15.8 Å². The quantitative estimate of drug-likeness (QED) is 0.600. The number of hydrogen-bond donors (Lipinski definition) is 4. The molecular weight excluding hydrogens is 283 g/mol. The third-order valence-electron chi connectivity index (χ3n) is 2.00. The number of carbonyl (C=O) groups is 2. The van der Waals surface area contributed by atoms with E-state index in [1.807, 2.05) is 0 Å². The lowest BCUT2D eigenvalue weighted by Crippen LogP contribution is -2.13. The smallest absolute Gasteiger partial charge is 0.416 e. The number of alkyl halides is 3. The Kier molecular flexibility index (Phi) is 6.66. The maximum absolute atomic E-state index is 12.2. The Morgan fingerprint density at radius 3 is 2.05 bits per heavy atom. The van der Waals surface area contributed by atoms with Crippen molar-refractivity contribution in [2.45, 2.75) is 12.3 Å². The lowest BCUT2D eigenvalue weighted by atomic mass is 10.1. The number of aliphatic hydroxyl groups is 1. The van der Waals surface area contributed by atoms with Crippen molar-refractivity contribution in [3.05, 3.63) is 35.4 Å². The lowest BCUT2D eigenvalue weighted by molar-refractivity contribution is -0.159. The Morgan fingerprint density at radius 1 is 1.20 bits per heavy atom. The van der Waals surface area contributed by atoms with Crippen LogP contribution in [0.5, 0.6) is 0 Å². The van der Waals surface area contributed by atoms with Crippen LogP contribution in [0.15, 0.2) is 24.3 Å². The molecule has 0 amide bonds. The van der Waals surface area contributed by atoms with Gasteiger partial charge in [-0.15, -0.1) is 0 Å². The minimum absolute atomic E-state index is 0.0959. The third kappa shape index (κ3) is 6.16. The lowest BCUT2D eigenvalue weighted by Gasteiger charge is -2.11. The standard InChI is InChI=1S/C9H10F3NO.C2H2O4/c10-9(11,12)7-3-1-2-6(4-7)8(14)5-13;3-1(4)2(5)6/h1-4,8,14H,5,13H2;(H,3,4)(H,5,6). The van der Waals surface area contributed by atoms with Gasteiger partial charge in [-0.2, -0.15) is 13.2 Å². The fourth-order valence-electron chi connectivity index (χ4n) is 1.06. The molecule has 0 radical (unpaired) electrons. The van der Waals surface area contributed by atoms with E-state index in [4.69, 9.17) is 25.5 Å². The molecule has 1 aromatic carbocycles. The Balaban J connectivity index is 0.000000511. The van der Waals surface area contributed by atoms with Crippen LogP contribution in [-0.4, -0.2) is 33.8 Å². The summed E-state index contributed by atoms with van der Waals surface area (Å²) < 4.78 is 36.7. The van der Waals surface area contributed by atoms with Gasteiger partial charge >= 0.3 is 18.1 Å². The number of nitrogens with two attached hydrogens (primary N) is 1. The van der Waals surface area contributed by atoms with Crippen molar-refractivity contribution in [3.63, 3.8) is 0 Å². The molecule has 20 heavy (non-hydrogen) atoms. The molecule has 0 aliphatic rings. The summed E-state index contributed by atoms with van der Waals surface area (Å²) in [5.74, 6) is -3.65. The second-order valence-corrected chi connectivity index (χ2v) is 3.49. The van der Waals surface area contributed by atoms with E-state index in [0.29, 0.717) is 0 Å². The molecular formula is C11H12F3NO5. The predicted molar refractivity (Wildman–Crippen MR) is 60.7 cm³/mol. The molecule has 1 aromatic rings. The van der Waals surface area contributed by atoms with E-state index in [9.17, 15) is 18.3 Å². The molecule has 1 rings (SSSR count). The van der Waals surface area contributed by atoms with Gasteiger partial charge in [-0.3, -0.25) is 0 Å². The number of aliphatic carboxylic acids is 2. The zero-order valence-electron chi connectivity index (χ0n) is 9.96. The van der Waals surface area contributed by atoms with Crippen molar-refractivity contribution in [1.29, 1.82) is 0 Å². The molecule has 0 aliphatic heterocycles. The van der Waals surface area contributed by atoms with Gasteiger partial charge in [0, 0.05) is 6.54 Å². The molecule has 0 fully saturated rings. The highest BCUT2D eigenvalue weighted by atomic mass is 19.4. The number of carboxylic acids is 2. The van der Waals surface area contributed by atoms with Crippen LogP contribution in [0.2, 0.25) is 0 Å². The van der Waals surface area contributed by atoms with Crippen molar-refractivity contribution >= 4 is 11.9 Å². The molecule has 6 nitrogen and oxygen atoms in total. The first-order chi connectivity index (χ1) is 9.09. The van der Waals surface area contributed by atoms with Gasteiger partial charge in [0.25, 0.3) is 0 Å². The third-order valence-corrected chi connectivity index (χ3v) is 2.00. The first kappa shape index (κ1) is 17.9. The normalized spacial score (nSPS) is 12.1. The van der Waals surface area contributed by atoms with E-state index in [-0.39, 0.29) is 12.1 Å². The van der Waals surface area contributed by atoms with Crippen molar-refractivity contribution in [1.82, 2.24) is 0 Å². The fourth-order valence-corrected chi connectivity index (χ4v) is 1.06. The summed E-state index contributed by atoms with van der Waals surface area (Å²) >= 11 is 0. The van der Waals surface area contributed by atoms with E-state index >= 15 is 0 Å². The minimum Gasteiger partial charge on any atom is -0.473 e.